The summed E-state index contributed by atoms with van der Waals surface area (Å²) >= 11 is 3.41. The molecule has 6 heteroatoms. The van der Waals surface area contributed by atoms with Gasteiger partial charge < -0.3 is 11.1 Å². The molecule has 0 radical (unpaired) electrons. The smallest absolute Gasteiger partial charge is 0.227 e. The Morgan fingerprint density at radius 1 is 1.35 bits per heavy atom. The Balaban J connectivity index is 1.90. The first-order valence-corrected chi connectivity index (χ1v) is 9.74. The van der Waals surface area contributed by atoms with E-state index in [-0.39, 0.29) is 5.91 Å². The normalized spacial score (nSPS) is 11.7. The van der Waals surface area contributed by atoms with Crippen molar-refractivity contribution in [3.8, 4) is 10.6 Å². The zero-order valence-corrected chi connectivity index (χ0v) is 15.6. The van der Waals surface area contributed by atoms with Crippen molar-refractivity contribution in [3.63, 3.8) is 0 Å². The number of thiazole rings is 1. The largest absolute Gasteiger partial charge is 0.355 e. The van der Waals surface area contributed by atoms with Gasteiger partial charge in [0.1, 0.15) is 0 Å². The average molecular weight is 352 g/mol. The predicted molar refractivity (Wildman–Crippen MR) is 98.9 cm³/mol. The molecule has 2 aromatic heterocycles. The van der Waals surface area contributed by atoms with Crippen molar-refractivity contribution < 1.29 is 4.79 Å². The van der Waals surface area contributed by atoms with Crippen molar-refractivity contribution in [3.05, 3.63) is 27.4 Å². The van der Waals surface area contributed by atoms with Crippen molar-refractivity contribution in [2.45, 2.75) is 40.0 Å². The summed E-state index contributed by atoms with van der Waals surface area (Å²) in [5.41, 5.74) is 6.45. The highest BCUT2D eigenvalue weighted by Gasteiger charge is 2.32. The van der Waals surface area contributed by atoms with Crippen LogP contribution in [0.4, 0.5) is 0 Å². The third-order valence-electron chi connectivity index (χ3n) is 4.42. The number of rotatable bonds is 8. The van der Waals surface area contributed by atoms with Crippen LogP contribution in [0.3, 0.4) is 0 Å². The van der Waals surface area contributed by atoms with Crippen LogP contribution >= 0.6 is 22.7 Å². The molecule has 2 heterocycles. The van der Waals surface area contributed by atoms with Crippen LogP contribution in [-0.2, 0) is 11.2 Å². The second kappa shape index (κ2) is 8.04. The van der Waals surface area contributed by atoms with Gasteiger partial charge in [0.15, 0.2) is 0 Å². The second-order valence-electron chi connectivity index (χ2n) is 5.72. The van der Waals surface area contributed by atoms with E-state index in [9.17, 15) is 4.79 Å². The molecule has 0 aromatic carbocycles. The van der Waals surface area contributed by atoms with Crippen molar-refractivity contribution in [2.24, 2.45) is 11.1 Å². The first-order chi connectivity index (χ1) is 11.0. The molecule has 3 N–H and O–H groups in total. The lowest BCUT2D eigenvalue weighted by Gasteiger charge is -2.28. The summed E-state index contributed by atoms with van der Waals surface area (Å²) < 4.78 is 0. The number of aromatic nitrogens is 1. The van der Waals surface area contributed by atoms with E-state index < -0.39 is 5.41 Å². The number of nitrogens with two attached hydrogens (primary N) is 1. The molecular formula is C17H25N3OS2. The number of carbonyl (C=O) groups excluding carboxylic acids is 1. The molecule has 0 unspecified atom stereocenters. The molecule has 0 aliphatic heterocycles. The molecule has 0 atom stereocenters. The molecule has 0 aliphatic carbocycles. The van der Waals surface area contributed by atoms with Gasteiger partial charge in [-0.25, -0.2) is 4.98 Å². The number of hydrogen-bond donors (Lipinski definition) is 2. The number of hydrogen-bond acceptors (Lipinski definition) is 5. The van der Waals surface area contributed by atoms with E-state index in [0.29, 0.717) is 13.1 Å². The summed E-state index contributed by atoms with van der Waals surface area (Å²) in [5.74, 6) is 0.0805. The predicted octanol–water partition coefficient (Wildman–Crippen LogP) is 3.60. The lowest BCUT2D eigenvalue weighted by Crippen LogP contribution is -2.45. The maximum Gasteiger partial charge on any atom is 0.227 e. The van der Waals surface area contributed by atoms with E-state index >= 15 is 0 Å². The van der Waals surface area contributed by atoms with Gasteiger partial charge in [0.05, 0.1) is 21.0 Å². The lowest BCUT2D eigenvalue weighted by molar-refractivity contribution is -0.131. The maximum absolute atomic E-state index is 12.4. The number of amides is 1. The Morgan fingerprint density at radius 3 is 2.65 bits per heavy atom. The van der Waals surface area contributed by atoms with E-state index in [1.54, 1.807) is 22.7 Å². The first-order valence-electron chi connectivity index (χ1n) is 8.04. The number of thiophene rings is 1. The quantitative estimate of drug-likeness (QED) is 0.763. The van der Waals surface area contributed by atoms with Gasteiger partial charge in [-0.15, -0.1) is 22.7 Å². The van der Waals surface area contributed by atoms with Gasteiger partial charge in [-0.2, -0.15) is 0 Å². The number of aryl methyl sites for hydroxylation is 1. The van der Waals surface area contributed by atoms with Gasteiger partial charge in [0.2, 0.25) is 5.91 Å². The zero-order chi connectivity index (χ0) is 16.9. The number of carbonyl (C=O) groups is 1. The van der Waals surface area contributed by atoms with Gasteiger partial charge in [-0.05, 0) is 38.3 Å². The minimum absolute atomic E-state index is 0.0805. The van der Waals surface area contributed by atoms with Crippen LogP contribution in [0.15, 0.2) is 17.5 Å². The minimum Gasteiger partial charge on any atom is -0.355 e. The zero-order valence-electron chi connectivity index (χ0n) is 14.0. The van der Waals surface area contributed by atoms with E-state index in [1.807, 2.05) is 20.8 Å². The van der Waals surface area contributed by atoms with Gasteiger partial charge in [-0.1, -0.05) is 13.8 Å². The van der Waals surface area contributed by atoms with E-state index in [1.165, 1.54) is 9.75 Å². The highest BCUT2D eigenvalue weighted by atomic mass is 32.1. The molecule has 0 spiro atoms. The summed E-state index contributed by atoms with van der Waals surface area (Å²) in [5, 5.41) is 6.22. The van der Waals surface area contributed by atoms with E-state index in [4.69, 9.17) is 5.73 Å². The maximum atomic E-state index is 12.4. The Kier molecular flexibility index (Phi) is 6.33. The molecule has 4 nitrogen and oxygen atoms in total. The first kappa shape index (κ1) is 18.1. The molecule has 126 valence electrons. The molecule has 1 amide bonds. The van der Waals surface area contributed by atoms with Crippen molar-refractivity contribution in [2.75, 3.05) is 13.1 Å². The lowest BCUT2D eigenvalue weighted by atomic mass is 9.81. The molecule has 2 rings (SSSR count). The topological polar surface area (TPSA) is 68.0 Å². The van der Waals surface area contributed by atoms with Gasteiger partial charge >= 0.3 is 0 Å². The Bertz CT molecular complexity index is 636. The fraction of sp³-hybridized carbons (Fsp3) is 0.529. The Hall–Kier alpha value is -1.24. The van der Waals surface area contributed by atoms with Crippen LogP contribution < -0.4 is 11.1 Å². The van der Waals surface area contributed by atoms with Gasteiger partial charge in [0.25, 0.3) is 0 Å². The number of nitrogens with one attached hydrogen (secondary N) is 1. The fourth-order valence-electron chi connectivity index (χ4n) is 2.57. The third kappa shape index (κ3) is 4.19. The monoisotopic (exact) mass is 351 g/mol. The summed E-state index contributed by atoms with van der Waals surface area (Å²) in [6.07, 6.45) is 2.39. The highest BCUT2D eigenvalue weighted by molar-refractivity contribution is 7.16. The third-order valence-corrected chi connectivity index (χ3v) is 6.36. The summed E-state index contributed by atoms with van der Waals surface area (Å²) in [6, 6.07) is 4.23. The fourth-order valence-corrected chi connectivity index (χ4v) is 4.22. The van der Waals surface area contributed by atoms with Crippen LogP contribution in [0, 0.1) is 12.3 Å². The summed E-state index contributed by atoms with van der Waals surface area (Å²) in [4.78, 5) is 19.3. The van der Waals surface area contributed by atoms with Crippen LogP contribution in [0.2, 0.25) is 0 Å². The van der Waals surface area contributed by atoms with Crippen LogP contribution in [0.5, 0.6) is 0 Å². The van der Waals surface area contributed by atoms with Crippen molar-refractivity contribution in [1.82, 2.24) is 10.3 Å². The van der Waals surface area contributed by atoms with Gasteiger partial charge in [0, 0.05) is 23.3 Å². The highest BCUT2D eigenvalue weighted by Crippen LogP contribution is 2.29. The average Bonchev–Trinajstić information content (AvgIpc) is 3.18. The summed E-state index contributed by atoms with van der Waals surface area (Å²) in [6.45, 7) is 7.12. The standard InChI is InChI=1S/C17H25N3OS2/c1-4-17(5-2,11-18)16(21)19-9-8-13-6-7-15(23-13)14-10-22-12(3)20-14/h6-7,10H,4-5,8-9,11,18H2,1-3H3,(H,19,21). The van der Waals surface area contributed by atoms with Crippen LogP contribution in [-0.4, -0.2) is 24.0 Å². The van der Waals surface area contributed by atoms with Crippen molar-refractivity contribution in [1.29, 1.82) is 0 Å². The minimum atomic E-state index is -0.418. The van der Waals surface area contributed by atoms with E-state index in [0.717, 1.165) is 30.0 Å². The molecule has 0 bridgehead atoms. The SMILES string of the molecule is CCC(CC)(CN)C(=O)NCCc1ccc(-c2csc(C)n2)s1. The van der Waals surface area contributed by atoms with Crippen LogP contribution in [0.25, 0.3) is 10.6 Å². The second-order valence-corrected chi connectivity index (χ2v) is 7.95. The molecule has 0 saturated heterocycles. The van der Waals surface area contributed by atoms with Crippen molar-refractivity contribution >= 4 is 28.6 Å². The van der Waals surface area contributed by atoms with Crippen LogP contribution in [0.1, 0.15) is 36.6 Å². The molecule has 23 heavy (non-hydrogen) atoms. The molecule has 0 fully saturated rings. The summed E-state index contributed by atoms with van der Waals surface area (Å²) in [7, 11) is 0. The molecule has 0 aliphatic rings. The van der Waals surface area contributed by atoms with E-state index in [2.05, 4.69) is 27.8 Å². The molecule has 0 saturated carbocycles. The molecular weight excluding hydrogens is 326 g/mol. The van der Waals surface area contributed by atoms with Gasteiger partial charge in [-0.3, -0.25) is 4.79 Å². The number of nitrogens with zero attached hydrogens (tertiary/aromatic N) is 1. The Labute approximate surface area is 146 Å². The Morgan fingerprint density at radius 2 is 2.09 bits per heavy atom. The molecule has 2 aromatic rings.